The number of fused-ring (bicyclic) bond motifs is 1. The summed E-state index contributed by atoms with van der Waals surface area (Å²) < 4.78 is 4.72. The van der Waals surface area contributed by atoms with E-state index >= 15 is 0 Å². The van der Waals surface area contributed by atoms with Crippen molar-refractivity contribution in [2.45, 2.75) is 12.8 Å². The lowest BCUT2D eigenvalue weighted by molar-refractivity contribution is -0.140. The van der Waals surface area contributed by atoms with Crippen LogP contribution in [0.15, 0.2) is 54.6 Å². The molecule has 0 saturated carbocycles. The summed E-state index contributed by atoms with van der Waals surface area (Å²) in [7, 11) is 1.35. The molecule has 2 N–H and O–H groups in total. The molecule has 0 atom stereocenters. The third-order valence-electron chi connectivity index (χ3n) is 3.91. The summed E-state index contributed by atoms with van der Waals surface area (Å²) in [5.74, 6) is -1.21. The molecule has 2 aromatic carbocycles. The number of aromatic nitrogens is 1. The lowest BCUT2D eigenvalue weighted by Crippen LogP contribution is -2.07. The molecule has 0 aliphatic heterocycles. The van der Waals surface area contributed by atoms with Crippen LogP contribution < -0.4 is 5.32 Å². The molecule has 132 valence electrons. The van der Waals surface area contributed by atoms with E-state index in [4.69, 9.17) is 9.84 Å². The number of pyridine rings is 1. The van der Waals surface area contributed by atoms with Crippen LogP contribution in [0.5, 0.6) is 0 Å². The van der Waals surface area contributed by atoms with Crippen LogP contribution in [0.3, 0.4) is 0 Å². The van der Waals surface area contributed by atoms with Crippen molar-refractivity contribution in [3.63, 3.8) is 0 Å². The van der Waals surface area contributed by atoms with Gasteiger partial charge in [0.05, 0.1) is 31.2 Å². The summed E-state index contributed by atoms with van der Waals surface area (Å²) in [6, 6.07) is 16.7. The highest BCUT2D eigenvalue weighted by atomic mass is 16.5. The van der Waals surface area contributed by atoms with E-state index in [0.717, 1.165) is 27.8 Å². The largest absolute Gasteiger partial charge is 0.481 e. The number of hydrogen-bond acceptors (Lipinski definition) is 5. The molecule has 0 fully saturated rings. The fourth-order valence-electron chi connectivity index (χ4n) is 2.68. The Morgan fingerprint density at radius 1 is 1.08 bits per heavy atom. The zero-order chi connectivity index (χ0) is 18.5. The van der Waals surface area contributed by atoms with E-state index < -0.39 is 5.97 Å². The van der Waals surface area contributed by atoms with E-state index in [1.165, 1.54) is 7.11 Å². The molecule has 0 amide bonds. The van der Waals surface area contributed by atoms with Gasteiger partial charge in [0.15, 0.2) is 0 Å². The lowest BCUT2D eigenvalue weighted by Gasteiger charge is -2.12. The second kappa shape index (κ2) is 7.65. The number of carboxylic acid groups (broad SMARTS) is 1. The molecule has 0 bridgehead atoms. The Hall–Kier alpha value is -3.41. The highest BCUT2D eigenvalue weighted by Gasteiger charge is 2.10. The van der Waals surface area contributed by atoms with E-state index in [1.54, 1.807) is 12.1 Å². The second-order valence-electron chi connectivity index (χ2n) is 5.82. The Balaban J connectivity index is 1.92. The highest BCUT2D eigenvalue weighted by molar-refractivity contribution is 5.93. The van der Waals surface area contributed by atoms with Gasteiger partial charge in [0, 0.05) is 16.8 Å². The molecule has 0 unspecified atom stereocenters. The van der Waals surface area contributed by atoms with Crippen LogP contribution in [0.2, 0.25) is 0 Å². The lowest BCUT2D eigenvalue weighted by atomic mass is 10.1. The molecule has 1 aromatic heterocycles. The van der Waals surface area contributed by atoms with Crippen molar-refractivity contribution in [1.82, 2.24) is 4.98 Å². The number of methoxy groups -OCH3 is 1. The van der Waals surface area contributed by atoms with Gasteiger partial charge in [-0.1, -0.05) is 30.3 Å². The fourth-order valence-corrected chi connectivity index (χ4v) is 2.68. The van der Waals surface area contributed by atoms with Crippen LogP contribution >= 0.6 is 0 Å². The smallest absolute Gasteiger partial charge is 0.311 e. The number of anilines is 2. The predicted octanol–water partition coefficient (Wildman–Crippen LogP) is 3.32. The standard InChI is InChI=1S/C20H18N2O4/c1-26-20(25)12-15-11-18(16-4-2-3-5-17(16)22-15)21-14-8-6-13(7-9-14)10-19(23)24/h2-9,11H,10,12H2,1H3,(H,21,22)(H,23,24). The molecular formula is C20H18N2O4. The zero-order valence-corrected chi connectivity index (χ0v) is 14.2. The number of carbonyl (C=O) groups excluding carboxylic acids is 1. The highest BCUT2D eigenvalue weighted by Crippen LogP contribution is 2.27. The number of carboxylic acids is 1. The maximum Gasteiger partial charge on any atom is 0.311 e. The van der Waals surface area contributed by atoms with Gasteiger partial charge < -0.3 is 15.2 Å². The molecule has 26 heavy (non-hydrogen) atoms. The summed E-state index contributed by atoms with van der Waals surface area (Å²) in [6.07, 6.45) is 0.0787. The number of para-hydroxylation sites is 1. The number of benzene rings is 2. The van der Waals surface area contributed by atoms with E-state index in [9.17, 15) is 9.59 Å². The molecule has 3 aromatic rings. The number of esters is 1. The molecule has 0 aliphatic rings. The minimum atomic E-state index is -0.863. The van der Waals surface area contributed by atoms with Crippen molar-refractivity contribution in [2.24, 2.45) is 0 Å². The molecule has 0 aliphatic carbocycles. The van der Waals surface area contributed by atoms with E-state index in [2.05, 4.69) is 10.3 Å². The van der Waals surface area contributed by atoms with Crippen molar-refractivity contribution in [2.75, 3.05) is 12.4 Å². The van der Waals surface area contributed by atoms with Crippen molar-refractivity contribution >= 4 is 34.2 Å². The van der Waals surface area contributed by atoms with Crippen molar-refractivity contribution in [3.05, 3.63) is 65.9 Å². The Kier molecular flexibility index (Phi) is 5.12. The minimum absolute atomic E-state index is 0.0122. The third kappa shape index (κ3) is 4.16. The first-order valence-electron chi connectivity index (χ1n) is 8.08. The van der Waals surface area contributed by atoms with E-state index in [1.807, 2.05) is 42.5 Å². The van der Waals surface area contributed by atoms with Gasteiger partial charge in [0.1, 0.15) is 0 Å². The van der Waals surface area contributed by atoms with Gasteiger partial charge in [-0.3, -0.25) is 14.6 Å². The van der Waals surface area contributed by atoms with Crippen LogP contribution in [0, 0.1) is 0 Å². The number of nitrogens with zero attached hydrogens (tertiary/aromatic N) is 1. The number of ether oxygens (including phenoxy) is 1. The van der Waals surface area contributed by atoms with Crippen LogP contribution in [0.25, 0.3) is 10.9 Å². The minimum Gasteiger partial charge on any atom is -0.481 e. The zero-order valence-electron chi connectivity index (χ0n) is 14.2. The molecule has 1 heterocycles. The van der Waals surface area contributed by atoms with Gasteiger partial charge in [-0.05, 0) is 29.8 Å². The summed E-state index contributed by atoms with van der Waals surface area (Å²) in [4.78, 5) is 26.9. The molecule has 6 heteroatoms. The van der Waals surface area contributed by atoms with Crippen molar-refractivity contribution in [3.8, 4) is 0 Å². The summed E-state index contributed by atoms with van der Waals surface area (Å²) >= 11 is 0. The maximum atomic E-state index is 11.6. The molecule has 6 nitrogen and oxygen atoms in total. The summed E-state index contributed by atoms with van der Waals surface area (Å²) in [5.41, 5.74) is 3.76. The Bertz CT molecular complexity index is 952. The van der Waals surface area contributed by atoms with Gasteiger partial charge >= 0.3 is 11.9 Å². The normalized spacial score (nSPS) is 10.5. The van der Waals surface area contributed by atoms with E-state index in [-0.39, 0.29) is 18.8 Å². The van der Waals surface area contributed by atoms with Gasteiger partial charge in [-0.2, -0.15) is 0 Å². The first-order valence-corrected chi connectivity index (χ1v) is 8.08. The monoisotopic (exact) mass is 350 g/mol. The first kappa shape index (κ1) is 17.4. The van der Waals surface area contributed by atoms with Crippen LogP contribution in [-0.2, 0) is 27.2 Å². The maximum absolute atomic E-state index is 11.6. The Morgan fingerprint density at radius 2 is 1.81 bits per heavy atom. The summed E-state index contributed by atoms with van der Waals surface area (Å²) in [6.45, 7) is 0. The topological polar surface area (TPSA) is 88.5 Å². The molecule has 0 radical (unpaired) electrons. The quantitative estimate of drug-likeness (QED) is 0.663. The van der Waals surface area contributed by atoms with E-state index in [0.29, 0.717) is 5.69 Å². The third-order valence-corrected chi connectivity index (χ3v) is 3.91. The van der Waals surface area contributed by atoms with Gasteiger partial charge in [-0.15, -0.1) is 0 Å². The molecular weight excluding hydrogens is 332 g/mol. The molecule has 0 spiro atoms. The number of aliphatic carboxylic acids is 1. The number of carbonyl (C=O) groups is 2. The van der Waals surface area contributed by atoms with Crippen molar-refractivity contribution in [1.29, 1.82) is 0 Å². The Morgan fingerprint density at radius 3 is 2.50 bits per heavy atom. The Labute approximate surface area is 150 Å². The van der Waals surface area contributed by atoms with Crippen LogP contribution in [-0.4, -0.2) is 29.1 Å². The average molecular weight is 350 g/mol. The van der Waals surface area contributed by atoms with Gasteiger partial charge in [0.25, 0.3) is 0 Å². The van der Waals surface area contributed by atoms with Crippen LogP contribution in [0.4, 0.5) is 11.4 Å². The first-order chi connectivity index (χ1) is 12.5. The fraction of sp³-hybridized carbons (Fsp3) is 0.150. The molecule has 3 rings (SSSR count). The van der Waals surface area contributed by atoms with Gasteiger partial charge in [-0.25, -0.2) is 0 Å². The number of nitrogens with one attached hydrogen (secondary N) is 1. The SMILES string of the molecule is COC(=O)Cc1cc(Nc2ccc(CC(=O)O)cc2)c2ccccc2n1. The average Bonchev–Trinajstić information content (AvgIpc) is 2.63. The van der Waals surface area contributed by atoms with Crippen LogP contribution in [0.1, 0.15) is 11.3 Å². The molecule has 0 saturated heterocycles. The predicted molar refractivity (Wildman–Crippen MR) is 98.5 cm³/mol. The summed E-state index contributed by atoms with van der Waals surface area (Å²) in [5, 5.41) is 13.1. The van der Waals surface area contributed by atoms with Crippen molar-refractivity contribution < 1.29 is 19.4 Å². The number of rotatable bonds is 6. The second-order valence-corrected chi connectivity index (χ2v) is 5.82. The van der Waals surface area contributed by atoms with Gasteiger partial charge in [0.2, 0.25) is 0 Å². The number of hydrogen-bond donors (Lipinski definition) is 2.